The Hall–Kier alpha value is -0.780. The molecule has 110 valence electrons. The van der Waals surface area contributed by atoms with E-state index in [0.717, 1.165) is 38.8 Å². The molecule has 1 amide bonds. The zero-order valence-electron chi connectivity index (χ0n) is 11.0. The molecule has 6 heteroatoms. The van der Waals surface area contributed by atoms with E-state index in [-0.39, 0.29) is 11.9 Å². The Morgan fingerprint density at radius 1 is 1.26 bits per heavy atom. The number of rotatable bonds is 5. The molecule has 0 aromatic rings. The zero-order valence-corrected chi connectivity index (χ0v) is 11.0. The van der Waals surface area contributed by atoms with Crippen LogP contribution in [-0.4, -0.2) is 42.7 Å². The molecule has 0 bridgehead atoms. The van der Waals surface area contributed by atoms with Gasteiger partial charge in [-0.15, -0.1) is 0 Å². The van der Waals surface area contributed by atoms with Crippen LogP contribution in [0.3, 0.4) is 0 Å². The SMILES string of the molecule is O=C(CCC(F)(F)F)N(CC1CCCNC1)C1CC1. The van der Waals surface area contributed by atoms with Crippen LogP contribution in [0, 0.1) is 5.92 Å². The number of hydrogen-bond donors (Lipinski definition) is 1. The first-order chi connectivity index (χ1) is 8.96. The van der Waals surface area contributed by atoms with Crippen molar-refractivity contribution in [3.63, 3.8) is 0 Å². The highest BCUT2D eigenvalue weighted by atomic mass is 19.4. The maximum Gasteiger partial charge on any atom is 0.389 e. The second kappa shape index (κ2) is 6.11. The first-order valence-electron chi connectivity index (χ1n) is 7.02. The maximum absolute atomic E-state index is 12.2. The van der Waals surface area contributed by atoms with Crippen molar-refractivity contribution in [1.29, 1.82) is 0 Å². The molecule has 1 aliphatic carbocycles. The van der Waals surface area contributed by atoms with Crippen molar-refractivity contribution in [3.8, 4) is 0 Å². The van der Waals surface area contributed by atoms with Crippen molar-refractivity contribution < 1.29 is 18.0 Å². The van der Waals surface area contributed by atoms with Crippen LogP contribution in [0.2, 0.25) is 0 Å². The third-order valence-electron chi connectivity index (χ3n) is 3.78. The van der Waals surface area contributed by atoms with Gasteiger partial charge in [0.2, 0.25) is 5.91 Å². The minimum atomic E-state index is -4.24. The highest BCUT2D eigenvalue weighted by Gasteiger charge is 2.36. The largest absolute Gasteiger partial charge is 0.389 e. The molecule has 1 atom stereocenters. The lowest BCUT2D eigenvalue weighted by Crippen LogP contribution is -2.42. The Labute approximate surface area is 111 Å². The Balaban J connectivity index is 1.82. The van der Waals surface area contributed by atoms with Crippen LogP contribution in [0.15, 0.2) is 0 Å². The summed E-state index contributed by atoms with van der Waals surface area (Å²) >= 11 is 0. The Morgan fingerprint density at radius 3 is 2.53 bits per heavy atom. The lowest BCUT2D eigenvalue weighted by molar-refractivity contribution is -0.149. The van der Waals surface area contributed by atoms with E-state index in [0.29, 0.717) is 12.5 Å². The number of nitrogens with zero attached hydrogens (tertiary/aromatic N) is 1. The molecule has 1 aliphatic heterocycles. The standard InChI is InChI=1S/C13H21F3N2O/c14-13(15,16)6-5-12(19)18(11-3-4-11)9-10-2-1-7-17-8-10/h10-11,17H,1-9H2. The summed E-state index contributed by atoms with van der Waals surface area (Å²) in [7, 11) is 0. The van der Waals surface area contributed by atoms with Gasteiger partial charge in [0.1, 0.15) is 0 Å². The molecule has 1 saturated carbocycles. The Kier molecular flexibility index (Phi) is 4.71. The van der Waals surface area contributed by atoms with E-state index >= 15 is 0 Å². The van der Waals surface area contributed by atoms with Crippen molar-refractivity contribution >= 4 is 5.91 Å². The fourth-order valence-corrected chi connectivity index (χ4v) is 2.59. The molecule has 0 aromatic carbocycles. The fraction of sp³-hybridized carbons (Fsp3) is 0.923. The van der Waals surface area contributed by atoms with E-state index in [4.69, 9.17) is 0 Å². The molecule has 2 fully saturated rings. The van der Waals surface area contributed by atoms with Gasteiger partial charge in [0, 0.05) is 19.0 Å². The summed E-state index contributed by atoms with van der Waals surface area (Å²) in [5.41, 5.74) is 0. The summed E-state index contributed by atoms with van der Waals surface area (Å²) in [6.45, 7) is 2.49. The molecule has 0 aromatic heterocycles. The van der Waals surface area contributed by atoms with Crippen molar-refractivity contribution in [1.82, 2.24) is 10.2 Å². The summed E-state index contributed by atoms with van der Waals surface area (Å²) < 4.78 is 36.5. The summed E-state index contributed by atoms with van der Waals surface area (Å²) in [5, 5.41) is 3.28. The van der Waals surface area contributed by atoms with E-state index in [2.05, 4.69) is 5.32 Å². The summed E-state index contributed by atoms with van der Waals surface area (Å²) in [6.07, 6.45) is -1.62. The number of carbonyl (C=O) groups is 1. The van der Waals surface area contributed by atoms with Gasteiger partial charge in [0.15, 0.2) is 0 Å². The van der Waals surface area contributed by atoms with Crippen LogP contribution < -0.4 is 5.32 Å². The lowest BCUT2D eigenvalue weighted by Gasteiger charge is -2.30. The first-order valence-corrected chi connectivity index (χ1v) is 7.02. The topological polar surface area (TPSA) is 32.3 Å². The van der Waals surface area contributed by atoms with E-state index in [1.54, 1.807) is 4.90 Å². The quantitative estimate of drug-likeness (QED) is 0.837. The van der Waals surface area contributed by atoms with Crippen LogP contribution in [0.5, 0.6) is 0 Å². The van der Waals surface area contributed by atoms with Crippen molar-refractivity contribution in [2.75, 3.05) is 19.6 Å². The lowest BCUT2D eigenvalue weighted by atomic mass is 9.99. The number of nitrogens with one attached hydrogen (secondary N) is 1. The fourth-order valence-electron chi connectivity index (χ4n) is 2.59. The van der Waals surface area contributed by atoms with Crippen LogP contribution >= 0.6 is 0 Å². The molecule has 0 spiro atoms. The predicted molar refractivity (Wildman–Crippen MR) is 65.6 cm³/mol. The number of hydrogen-bond acceptors (Lipinski definition) is 2. The van der Waals surface area contributed by atoms with Crippen molar-refractivity contribution in [2.45, 2.75) is 50.7 Å². The van der Waals surface area contributed by atoms with Gasteiger partial charge in [0.05, 0.1) is 6.42 Å². The van der Waals surface area contributed by atoms with Gasteiger partial charge in [-0.3, -0.25) is 4.79 Å². The summed E-state index contributed by atoms with van der Waals surface area (Å²) in [5.74, 6) is 0.0644. The Morgan fingerprint density at radius 2 is 2.00 bits per heavy atom. The highest BCUT2D eigenvalue weighted by molar-refractivity contribution is 5.77. The molecule has 1 heterocycles. The van der Waals surface area contributed by atoms with Gasteiger partial charge < -0.3 is 10.2 Å². The monoisotopic (exact) mass is 278 g/mol. The molecule has 0 radical (unpaired) electrons. The minimum Gasteiger partial charge on any atom is -0.339 e. The molecule has 3 nitrogen and oxygen atoms in total. The first kappa shape index (κ1) is 14.6. The van der Waals surface area contributed by atoms with Gasteiger partial charge in [-0.1, -0.05) is 0 Å². The van der Waals surface area contributed by atoms with Crippen LogP contribution in [-0.2, 0) is 4.79 Å². The van der Waals surface area contributed by atoms with Crippen LogP contribution in [0.25, 0.3) is 0 Å². The normalized spacial score (nSPS) is 24.3. The molecule has 2 aliphatic rings. The smallest absolute Gasteiger partial charge is 0.339 e. The second-order valence-electron chi connectivity index (χ2n) is 5.60. The number of carbonyl (C=O) groups excluding carboxylic acids is 1. The molecule has 1 saturated heterocycles. The molecule has 1 N–H and O–H groups in total. The summed E-state index contributed by atoms with van der Waals surface area (Å²) in [6, 6.07) is 0.197. The molecular formula is C13H21F3N2O. The van der Waals surface area contributed by atoms with E-state index in [1.807, 2.05) is 0 Å². The third-order valence-corrected chi connectivity index (χ3v) is 3.78. The van der Waals surface area contributed by atoms with Crippen molar-refractivity contribution in [3.05, 3.63) is 0 Å². The zero-order chi connectivity index (χ0) is 13.9. The van der Waals surface area contributed by atoms with Crippen LogP contribution in [0.1, 0.15) is 38.5 Å². The van der Waals surface area contributed by atoms with Crippen LogP contribution in [0.4, 0.5) is 13.2 Å². The molecule has 2 rings (SSSR count). The van der Waals surface area contributed by atoms with E-state index in [1.165, 1.54) is 0 Å². The number of halogens is 3. The Bertz CT molecular complexity index is 310. The maximum atomic E-state index is 12.2. The van der Waals surface area contributed by atoms with Gasteiger partial charge in [-0.25, -0.2) is 0 Å². The van der Waals surface area contributed by atoms with Gasteiger partial charge in [-0.05, 0) is 44.7 Å². The average Bonchev–Trinajstić information content (AvgIpc) is 3.18. The second-order valence-corrected chi connectivity index (χ2v) is 5.60. The van der Waals surface area contributed by atoms with Gasteiger partial charge in [0.25, 0.3) is 0 Å². The number of alkyl halides is 3. The number of piperidine rings is 1. The van der Waals surface area contributed by atoms with Gasteiger partial charge >= 0.3 is 6.18 Å². The molecule has 19 heavy (non-hydrogen) atoms. The summed E-state index contributed by atoms with van der Waals surface area (Å²) in [4.78, 5) is 13.6. The van der Waals surface area contributed by atoms with Crippen molar-refractivity contribution in [2.24, 2.45) is 5.92 Å². The van der Waals surface area contributed by atoms with E-state index in [9.17, 15) is 18.0 Å². The molecular weight excluding hydrogens is 257 g/mol. The highest BCUT2D eigenvalue weighted by Crippen LogP contribution is 2.30. The van der Waals surface area contributed by atoms with Gasteiger partial charge in [-0.2, -0.15) is 13.2 Å². The van der Waals surface area contributed by atoms with E-state index < -0.39 is 19.0 Å². The average molecular weight is 278 g/mol. The third kappa shape index (κ3) is 5.01. The molecule has 1 unspecified atom stereocenters. The minimum absolute atomic E-state index is 0.197. The predicted octanol–water partition coefficient (Wildman–Crippen LogP) is 2.32. The number of amides is 1.